The fraction of sp³-hybridized carbons (Fsp3) is 0.611. The van der Waals surface area contributed by atoms with Crippen LogP contribution in [-0.2, 0) is 9.53 Å². The van der Waals surface area contributed by atoms with E-state index in [0.717, 1.165) is 19.6 Å². The Labute approximate surface area is 145 Å². The van der Waals surface area contributed by atoms with E-state index < -0.39 is 0 Å². The number of rotatable bonds is 5. The van der Waals surface area contributed by atoms with Crippen LogP contribution in [0.2, 0.25) is 0 Å². The minimum atomic E-state index is 0. The van der Waals surface area contributed by atoms with Gasteiger partial charge in [0.05, 0.1) is 19.1 Å². The number of hydrogen-bond donors (Lipinski definition) is 1. The summed E-state index contributed by atoms with van der Waals surface area (Å²) in [7, 11) is 0. The van der Waals surface area contributed by atoms with Gasteiger partial charge in [-0.05, 0) is 30.9 Å². The largest absolute Gasteiger partial charge is 0.381 e. The average Bonchev–Trinajstić information content (AvgIpc) is 3.09. The maximum Gasteiger partial charge on any atom is 0.225 e. The van der Waals surface area contributed by atoms with E-state index in [0.29, 0.717) is 31.5 Å². The second-order valence-electron chi connectivity index (χ2n) is 6.38. The van der Waals surface area contributed by atoms with E-state index in [1.807, 2.05) is 6.92 Å². The molecule has 4 nitrogen and oxygen atoms in total. The number of aryl methyl sites for hydroxylation is 1. The van der Waals surface area contributed by atoms with Crippen molar-refractivity contribution in [2.45, 2.75) is 26.3 Å². The van der Waals surface area contributed by atoms with Gasteiger partial charge in [0.25, 0.3) is 0 Å². The first-order valence-electron chi connectivity index (χ1n) is 8.35. The van der Waals surface area contributed by atoms with E-state index in [9.17, 15) is 4.79 Å². The highest BCUT2D eigenvalue weighted by atomic mass is 35.5. The van der Waals surface area contributed by atoms with Gasteiger partial charge in [-0.1, -0.05) is 24.3 Å². The zero-order chi connectivity index (χ0) is 15.5. The van der Waals surface area contributed by atoms with E-state index in [1.54, 1.807) is 0 Å². The Morgan fingerprint density at radius 3 is 2.87 bits per heavy atom. The molecular formula is C18H27ClN2O2. The number of likely N-dealkylation sites (tertiary alicyclic amines) is 1. The molecule has 0 unspecified atom stereocenters. The third-order valence-electron chi connectivity index (χ3n) is 5.06. The standard InChI is InChI=1S/C18H26N2O2.ClH/c1-3-22-9-8-17(21)20-12-14-10-19-11-16(14)18(20)15-7-5-4-6-13(15)2;/h4-7,14,16,18-19H,3,8-12H2,1-2H3;1H/t14-,16-,18+;/m0./s1. The molecule has 0 bridgehead atoms. The molecule has 3 atom stereocenters. The van der Waals surface area contributed by atoms with Crippen molar-refractivity contribution in [1.82, 2.24) is 10.2 Å². The molecule has 0 spiro atoms. The van der Waals surface area contributed by atoms with Crippen LogP contribution >= 0.6 is 12.4 Å². The van der Waals surface area contributed by atoms with Crippen LogP contribution in [-0.4, -0.2) is 43.7 Å². The fourth-order valence-electron chi connectivity index (χ4n) is 3.94. The van der Waals surface area contributed by atoms with E-state index in [-0.39, 0.29) is 24.4 Å². The van der Waals surface area contributed by atoms with Crippen LogP contribution in [0.4, 0.5) is 0 Å². The molecule has 1 amide bonds. The van der Waals surface area contributed by atoms with Crippen LogP contribution in [0.3, 0.4) is 0 Å². The number of halogens is 1. The second-order valence-corrected chi connectivity index (χ2v) is 6.38. The molecule has 128 valence electrons. The average molecular weight is 339 g/mol. The number of benzene rings is 1. The van der Waals surface area contributed by atoms with Gasteiger partial charge in [0.2, 0.25) is 5.91 Å². The van der Waals surface area contributed by atoms with E-state index in [1.165, 1.54) is 11.1 Å². The van der Waals surface area contributed by atoms with E-state index in [4.69, 9.17) is 4.74 Å². The fourth-order valence-corrected chi connectivity index (χ4v) is 3.94. The molecule has 2 aliphatic heterocycles. The number of nitrogens with zero attached hydrogens (tertiary/aromatic N) is 1. The third-order valence-corrected chi connectivity index (χ3v) is 5.06. The highest BCUT2D eigenvalue weighted by Crippen LogP contribution is 2.43. The smallest absolute Gasteiger partial charge is 0.225 e. The Morgan fingerprint density at radius 1 is 1.35 bits per heavy atom. The van der Waals surface area contributed by atoms with Crippen molar-refractivity contribution >= 4 is 18.3 Å². The van der Waals surface area contributed by atoms with Crippen molar-refractivity contribution in [1.29, 1.82) is 0 Å². The summed E-state index contributed by atoms with van der Waals surface area (Å²) in [5.41, 5.74) is 2.59. The highest BCUT2D eigenvalue weighted by Gasteiger charge is 2.46. The quantitative estimate of drug-likeness (QED) is 0.839. The summed E-state index contributed by atoms with van der Waals surface area (Å²) in [5, 5.41) is 3.49. The molecule has 3 rings (SSSR count). The number of amides is 1. The number of nitrogens with one attached hydrogen (secondary N) is 1. The van der Waals surface area contributed by atoms with Crippen molar-refractivity contribution in [3.63, 3.8) is 0 Å². The normalized spacial score (nSPS) is 26.0. The molecule has 1 aromatic rings. The molecule has 2 saturated heterocycles. The number of carbonyl (C=O) groups excluding carboxylic acids is 1. The predicted molar refractivity (Wildman–Crippen MR) is 93.8 cm³/mol. The van der Waals surface area contributed by atoms with Crippen LogP contribution in [0.5, 0.6) is 0 Å². The van der Waals surface area contributed by atoms with Gasteiger partial charge in [0.15, 0.2) is 0 Å². The van der Waals surface area contributed by atoms with Crippen LogP contribution in [0.1, 0.15) is 30.5 Å². The number of carbonyl (C=O) groups is 1. The summed E-state index contributed by atoms with van der Waals surface area (Å²) in [6.07, 6.45) is 0.489. The Bertz CT molecular complexity index is 538. The summed E-state index contributed by atoms with van der Waals surface area (Å²) >= 11 is 0. The van der Waals surface area contributed by atoms with Crippen molar-refractivity contribution in [3.8, 4) is 0 Å². The molecule has 1 N–H and O–H groups in total. The van der Waals surface area contributed by atoms with Gasteiger partial charge in [0.1, 0.15) is 0 Å². The summed E-state index contributed by atoms with van der Waals surface area (Å²) in [5.74, 6) is 1.36. The lowest BCUT2D eigenvalue weighted by atomic mass is 9.87. The van der Waals surface area contributed by atoms with Gasteiger partial charge in [-0.2, -0.15) is 0 Å². The zero-order valence-electron chi connectivity index (χ0n) is 14.0. The van der Waals surface area contributed by atoms with E-state index in [2.05, 4.69) is 41.4 Å². The van der Waals surface area contributed by atoms with Crippen molar-refractivity contribution in [3.05, 3.63) is 35.4 Å². The van der Waals surface area contributed by atoms with Gasteiger partial charge in [0, 0.05) is 32.2 Å². The van der Waals surface area contributed by atoms with Gasteiger partial charge in [-0.3, -0.25) is 4.79 Å². The van der Waals surface area contributed by atoms with Crippen LogP contribution in [0, 0.1) is 18.8 Å². The lowest BCUT2D eigenvalue weighted by Crippen LogP contribution is -2.35. The Balaban J connectivity index is 0.00000192. The van der Waals surface area contributed by atoms with Crippen LogP contribution in [0.15, 0.2) is 24.3 Å². The molecule has 0 aromatic heterocycles. The Hall–Kier alpha value is -1.10. The number of fused-ring (bicyclic) bond motifs is 1. The molecule has 5 heteroatoms. The predicted octanol–water partition coefficient (Wildman–Crippen LogP) is 2.56. The van der Waals surface area contributed by atoms with Gasteiger partial charge in [-0.25, -0.2) is 0 Å². The SMILES string of the molecule is CCOCCC(=O)N1C[C@@H]2CNC[C@@H]2[C@H]1c1ccccc1C.Cl. The first-order valence-corrected chi connectivity index (χ1v) is 8.35. The molecule has 0 saturated carbocycles. The first kappa shape index (κ1) is 18.2. The zero-order valence-corrected chi connectivity index (χ0v) is 14.8. The van der Waals surface area contributed by atoms with Crippen LogP contribution < -0.4 is 5.32 Å². The van der Waals surface area contributed by atoms with Gasteiger partial charge < -0.3 is 15.0 Å². The minimum Gasteiger partial charge on any atom is -0.381 e. The molecule has 1 aromatic carbocycles. The lowest BCUT2D eigenvalue weighted by Gasteiger charge is -2.29. The minimum absolute atomic E-state index is 0. The number of ether oxygens (including phenoxy) is 1. The van der Waals surface area contributed by atoms with Crippen LogP contribution in [0.25, 0.3) is 0 Å². The number of hydrogen-bond acceptors (Lipinski definition) is 3. The summed E-state index contributed by atoms with van der Waals surface area (Å²) in [6.45, 7) is 8.23. The Kier molecular flexibility index (Phi) is 6.45. The molecule has 23 heavy (non-hydrogen) atoms. The van der Waals surface area contributed by atoms with Crippen molar-refractivity contribution < 1.29 is 9.53 Å². The topological polar surface area (TPSA) is 41.6 Å². The third kappa shape index (κ3) is 3.70. The van der Waals surface area contributed by atoms with Crippen molar-refractivity contribution in [2.75, 3.05) is 32.8 Å². The summed E-state index contributed by atoms with van der Waals surface area (Å²) < 4.78 is 5.36. The summed E-state index contributed by atoms with van der Waals surface area (Å²) in [4.78, 5) is 14.8. The lowest BCUT2D eigenvalue weighted by molar-refractivity contribution is -0.133. The first-order chi connectivity index (χ1) is 10.7. The molecule has 2 heterocycles. The molecule has 2 aliphatic rings. The van der Waals surface area contributed by atoms with Gasteiger partial charge in [-0.15, -0.1) is 12.4 Å². The van der Waals surface area contributed by atoms with Crippen molar-refractivity contribution in [2.24, 2.45) is 11.8 Å². The second kappa shape index (κ2) is 8.13. The molecule has 0 radical (unpaired) electrons. The molecule has 0 aliphatic carbocycles. The molecular weight excluding hydrogens is 312 g/mol. The maximum absolute atomic E-state index is 12.7. The monoisotopic (exact) mass is 338 g/mol. The summed E-state index contributed by atoms with van der Waals surface area (Å²) in [6, 6.07) is 8.70. The maximum atomic E-state index is 12.7. The van der Waals surface area contributed by atoms with E-state index >= 15 is 0 Å². The highest BCUT2D eigenvalue weighted by molar-refractivity contribution is 5.85. The Morgan fingerprint density at radius 2 is 2.13 bits per heavy atom. The van der Waals surface area contributed by atoms with Gasteiger partial charge >= 0.3 is 0 Å². The molecule has 2 fully saturated rings.